The number of benzene rings is 1. The standard InChI is InChI=1S/C11H13N3O4/c1-7(5-6-15)12-11-13-10-8(14(16)17)3-2-4-9(10)18-11/h2-4,7,15H,5-6H2,1H3,(H,12,13). The zero-order valence-corrected chi connectivity index (χ0v) is 9.79. The van der Waals surface area contributed by atoms with E-state index in [2.05, 4.69) is 10.3 Å². The highest BCUT2D eigenvalue weighted by atomic mass is 16.6. The third kappa shape index (κ3) is 2.40. The minimum Gasteiger partial charge on any atom is -0.423 e. The van der Waals surface area contributed by atoms with Gasteiger partial charge in [-0.2, -0.15) is 4.98 Å². The third-order valence-electron chi connectivity index (χ3n) is 2.53. The van der Waals surface area contributed by atoms with Crippen molar-refractivity contribution in [3.05, 3.63) is 28.3 Å². The van der Waals surface area contributed by atoms with Gasteiger partial charge < -0.3 is 14.8 Å². The monoisotopic (exact) mass is 251 g/mol. The Labute approximate surface area is 103 Å². The van der Waals surface area contributed by atoms with E-state index in [1.54, 1.807) is 12.1 Å². The summed E-state index contributed by atoms with van der Waals surface area (Å²) >= 11 is 0. The quantitative estimate of drug-likeness (QED) is 0.621. The molecule has 7 heteroatoms. The van der Waals surface area contributed by atoms with Crippen LogP contribution < -0.4 is 5.32 Å². The normalized spacial score (nSPS) is 12.6. The number of nitro benzene ring substituents is 1. The van der Waals surface area contributed by atoms with Gasteiger partial charge >= 0.3 is 0 Å². The first-order chi connectivity index (χ1) is 8.61. The van der Waals surface area contributed by atoms with Crippen LogP contribution >= 0.6 is 0 Å². The number of nitrogens with one attached hydrogen (secondary N) is 1. The summed E-state index contributed by atoms with van der Waals surface area (Å²) < 4.78 is 5.37. The second kappa shape index (κ2) is 5.01. The number of rotatable bonds is 5. The van der Waals surface area contributed by atoms with Crippen LogP contribution in [0.25, 0.3) is 11.1 Å². The number of non-ortho nitro benzene ring substituents is 1. The van der Waals surface area contributed by atoms with Gasteiger partial charge in [-0.05, 0) is 19.4 Å². The van der Waals surface area contributed by atoms with E-state index in [1.165, 1.54) is 6.07 Å². The smallest absolute Gasteiger partial charge is 0.298 e. The molecule has 0 amide bonds. The van der Waals surface area contributed by atoms with E-state index in [4.69, 9.17) is 9.52 Å². The highest BCUT2D eigenvalue weighted by Gasteiger charge is 2.17. The number of aliphatic hydroxyl groups excluding tert-OH is 1. The predicted molar refractivity (Wildman–Crippen MR) is 65.5 cm³/mol. The first-order valence-corrected chi connectivity index (χ1v) is 5.53. The largest absolute Gasteiger partial charge is 0.423 e. The molecule has 18 heavy (non-hydrogen) atoms. The van der Waals surface area contributed by atoms with Gasteiger partial charge in [0.2, 0.25) is 0 Å². The van der Waals surface area contributed by atoms with E-state index in [0.717, 1.165) is 0 Å². The third-order valence-corrected chi connectivity index (χ3v) is 2.53. The maximum absolute atomic E-state index is 10.8. The first-order valence-electron chi connectivity index (χ1n) is 5.53. The van der Waals surface area contributed by atoms with Crippen molar-refractivity contribution in [2.24, 2.45) is 0 Å². The lowest BCUT2D eigenvalue weighted by molar-refractivity contribution is -0.383. The minimum atomic E-state index is -0.494. The number of hydrogen-bond donors (Lipinski definition) is 2. The van der Waals surface area contributed by atoms with E-state index in [0.29, 0.717) is 12.0 Å². The molecule has 0 spiro atoms. The van der Waals surface area contributed by atoms with Gasteiger partial charge in [0.25, 0.3) is 11.7 Å². The molecule has 1 heterocycles. The van der Waals surface area contributed by atoms with Gasteiger partial charge in [0.15, 0.2) is 11.1 Å². The summed E-state index contributed by atoms with van der Waals surface area (Å²) in [6.45, 7) is 1.91. The topological polar surface area (TPSA) is 101 Å². The van der Waals surface area contributed by atoms with Crippen molar-refractivity contribution in [2.45, 2.75) is 19.4 Å². The molecule has 1 aromatic carbocycles. The molecule has 0 fully saturated rings. The molecule has 0 saturated carbocycles. The Morgan fingerprint density at radius 3 is 3.06 bits per heavy atom. The summed E-state index contributed by atoms with van der Waals surface area (Å²) in [5.74, 6) is 0. The van der Waals surface area contributed by atoms with Crippen molar-refractivity contribution in [3.8, 4) is 0 Å². The van der Waals surface area contributed by atoms with Gasteiger partial charge in [-0.15, -0.1) is 0 Å². The Morgan fingerprint density at radius 2 is 2.39 bits per heavy atom. The van der Waals surface area contributed by atoms with Crippen molar-refractivity contribution < 1.29 is 14.4 Å². The van der Waals surface area contributed by atoms with Crippen LogP contribution in [0.4, 0.5) is 11.7 Å². The lowest BCUT2D eigenvalue weighted by atomic mass is 10.2. The number of oxazole rings is 1. The van der Waals surface area contributed by atoms with Crippen LogP contribution in [-0.4, -0.2) is 27.7 Å². The number of fused-ring (bicyclic) bond motifs is 1. The minimum absolute atomic E-state index is 0.0258. The van der Waals surface area contributed by atoms with Crippen LogP contribution in [0.5, 0.6) is 0 Å². The average molecular weight is 251 g/mol. The molecule has 7 nitrogen and oxygen atoms in total. The second-order valence-corrected chi connectivity index (χ2v) is 3.96. The molecule has 0 aliphatic carbocycles. The van der Waals surface area contributed by atoms with Gasteiger partial charge in [-0.25, -0.2) is 0 Å². The molecular formula is C11H13N3O4. The molecule has 0 saturated heterocycles. The summed E-state index contributed by atoms with van der Waals surface area (Å²) in [5, 5.41) is 22.5. The number of para-hydroxylation sites is 1. The average Bonchev–Trinajstić information content (AvgIpc) is 2.70. The maximum Gasteiger partial charge on any atom is 0.298 e. The van der Waals surface area contributed by atoms with Gasteiger partial charge in [-0.1, -0.05) is 6.07 Å². The highest BCUT2D eigenvalue weighted by Crippen LogP contribution is 2.27. The zero-order valence-electron chi connectivity index (χ0n) is 9.79. The number of anilines is 1. The summed E-state index contributed by atoms with van der Waals surface area (Å²) in [6, 6.07) is 4.75. The zero-order chi connectivity index (χ0) is 13.1. The van der Waals surface area contributed by atoms with Crippen LogP contribution in [0.1, 0.15) is 13.3 Å². The van der Waals surface area contributed by atoms with Crippen LogP contribution in [0.2, 0.25) is 0 Å². The number of aliphatic hydroxyl groups is 1. The predicted octanol–water partition coefficient (Wildman–Crippen LogP) is 1.92. The van der Waals surface area contributed by atoms with Gasteiger partial charge in [0.05, 0.1) is 4.92 Å². The summed E-state index contributed by atoms with van der Waals surface area (Å²) in [6.07, 6.45) is 0.542. The summed E-state index contributed by atoms with van der Waals surface area (Å²) in [5.41, 5.74) is 0.503. The van der Waals surface area contributed by atoms with E-state index in [9.17, 15) is 10.1 Å². The molecule has 2 N–H and O–H groups in total. The van der Waals surface area contributed by atoms with Crippen LogP contribution in [0.15, 0.2) is 22.6 Å². The van der Waals surface area contributed by atoms with E-state index < -0.39 is 4.92 Å². The Hall–Kier alpha value is -2.15. The second-order valence-electron chi connectivity index (χ2n) is 3.96. The van der Waals surface area contributed by atoms with E-state index >= 15 is 0 Å². The van der Waals surface area contributed by atoms with Crippen molar-refractivity contribution >= 4 is 22.8 Å². The van der Waals surface area contributed by atoms with Crippen molar-refractivity contribution in [3.63, 3.8) is 0 Å². The SMILES string of the molecule is CC(CCO)Nc1nc2c([N+](=O)[O-])cccc2o1. The molecule has 1 atom stereocenters. The van der Waals surface area contributed by atoms with Crippen LogP contribution in [0, 0.1) is 10.1 Å². The fraction of sp³-hybridized carbons (Fsp3) is 0.364. The van der Waals surface area contributed by atoms with Crippen molar-refractivity contribution in [2.75, 3.05) is 11.9 Å². The van der Waals surface area contributed by atoms with Crippen molar-refractivity contribution in [1.29, 1.82) is 0 Å². The molecule has 0 aliphatic heterocycles. The Bertz CT molecular complexity index is 566. The van der Waals surface area contributed by atoms with Crippen molar-refractivity contribution in [1.82, 2.24) is 4.98 Å². The lowest BCUT2D eigenvalue weighted by Crippen LogP contribution is -2.16. The fourth-order valence-electron chi connectivity index (χ4n) is 1.62. The van der Waals surface area contributed by atoms with Gasteiger partial charge in [-0.3, -0.25) is 10.1 Å². The molecule has 2 rings (SSSR count). The molecule has 1 unspecified atom stereocenters. The Morgan fingerprint density at radius 1 is 1.61 bits per heavy atom. The molecular weight excluding hydrogens is 238 g/mol. The molecule has 0 radical (unpaired) electrons. The molecule has 96 valence electrons. The lowest BCUT2D eigenvalue weighted by Gasteiger charge is -2.08. The molecule has 1 aromatic heterocycles. The Balaban J connectivity index is 2.32. The number of aromatic nitrogens is 1. The summed E-state index contributed by atoms with van der Waals surface area (Å²) in [4.78, 5) is 14.4. The molecule has 0 bridgehead atoms. The molecule has 2 aromatic rings. The van der Waals surface area contributed by atoms with Crippen LogP contribution in [0.3, 0.4) is 0 Å². The molecule has 0 aliphatic rings. The van der Waals surface area contributed by atoms with Gasteiger partial charge in [0, 0.05) is 18.7 Å². The van der Waals surface area contributed by atoms with E-state index in [-0.39, 0.29) is 29.9 Å². The number of hydrogen-bond acceptors (Lipinski definition) is 6. The summed E-state index contributed by atoms with van der Waals surface area (Å²) in [7, 11) is 0. The van der Waals surface area contributed by atoms with Crippen LogP contribution in [-0.2, 0) is 0 Å². The van der Waals surface area contributed by atoms with E-state index in [1.807, 2.05) is 6.92 Å². The fourth-order valence-corrected chi connectivity index (χ4v) is 1.62. The number of nitrogens with zero attached hydrogens (tertiary/aromatic N) is 2. The first kappa shape index (κ1) is 12.3. The maximum atomic E-state index is 10.8. The Kier molecular flexibility index (Phi) is 3.42. The number of nitro groups is 1. The highest BCUT2D eigenvalue weighted by molar-refractivity contribution is 5.83. The van der Waals surface area contributed by atoms with Gasteiger partial charge in [0.1, 0.15) is 0 Å².